The van der Waals surface area contributed by atoms with Crippen LogP contribution in [0.15, 0.2) is 42.6 Å². The summed E-state index contributed by atoms with van der Waals surface area (Å²) in [6.45, 7) is 0.740. The number of nitrogens with zero attached hydrogens (tertiary/aromatic N) is 2. The van der Waals surface area contributed by atoms with Crippen molar-refractivity contribution in [1.29, 1.82) is 0 Å². The lowest BCUT2D eigenvalue weighted by Gasteiger charge is -2.11. The average molecular weight is 285 g/mol. The molecule has 2 aromatic rings. The molecular formula is C16H19N3O2. The van der Waals surface area contributed by atoms with Crippen molar-refractivity contribution in [2.75, 3.05) is 26.0 Å². The summed E-state index contributed by atoms with van der Waals surface area (Å²) in [4.78, 5) is 17.4. The van der Waals surface area contributed by atoms with Gasteiger partial charge in [-0.3, -0.25) is 9.78 Å². The fraction of sp³-hybridized carbons (Fsp3) is 0.250. The number of phenols is 1. The normalized spacial score (nSPS) is 10.2. The molecule has 0 fully saturated rings. The van der Waals surface area contributed by atoms with E-state index in [2.05, 4.69) is 10.3 Å². The molecule has 1 heterocycles. The third kappa shape index (κ3) is 4.21. The quantitative estimate of drug-likeness (QED) is 0.883. The first-order valence-electron chi connectivity index (χ1n) is 6.76. The topological polar surface area (TPSA) is 65.5 Å². The third-order valence-corrected chi connectivity index (χ3v) is 3.06. The summed E-state index contributed by atoms with van der Waals surface area (Å²) in [6, 6.07) is 10.7. The zero-order chi connectivity index (χ0) is 15.2. The van der Waals surface area contributed by atoms with Gasteiger partial charge in [0.25, 0.3) is 5.91 Å². The van der Waals surface area contributed by atoms with Crippen LogP contribution in [0.5, 0.6) is 5.75 Å². The number of carbonyl (C=O) groups excluding carboxylic acids is 1. The van der Waals surface area contributed by atoms with Crippen LogP contribution in [0.3, 0.4) is 0 Å². The van der Waals surface area contributed by atoms with Crippen molar-refractivity contribution in [3.8, 4) is 5.75 Å². The number of pyridine rings is 1. The van der Waals surface area contributed by atoms with Crippen LogP contribution in [0.1, 0.15) is 16.1 Å². The van der Waals surface area contributed by atoms with E-state index in [0.29, 0.717) is 5.69 Å². The van der Waals surface area contributed by atoms with E-state index in [0.717, 1.165) is 24.2 Å². The Morgan fingerprint density at radius 3 is 2.62 bits per heavy atom. The fourth-order valence-electron chi connectivity index (χ4n) is 1.90. The summed E-state index contributed by atoms with van der Waals surface area (Å²) in [5.41, 5.74) is 2.43. The molecule has 0 unspecified atom stereocenters. The second-order valence-corrected chi connectivity index (χ2v) is 4.97. The number of phenolic OH excluding ortho intramolecular Hbond substituents is 1. The highest BCUT2D eigenvalue weighted by atomic mass is 16.3. The molecule has 0 bridgehead atoms. The van der Waals surface area contributed by atoms with E-state index in [1.165, 1.54) is 4.90 Å². The van der Waals surface area contributed by atoms with Gasteiger partial charge in [-0.1, -0.05) is 12.1 Å². The molecule has 5 heteroatoms. The number of amides is 1. The Labute approximate surface area is 124 Å². The van der Waals surface area contributed by atoms with Gasteiger partial charge in [-0.25, -0.2) is 0 Å². The van der Waals surface area contributed by atoms with E-state index in [4.69, 9.17) is 0 Å². The molecule has 110 valence electrons. The lowest BCUT2D eigenvalue weighted by atomic mass is 10.1. The van der Waals surface area contributed by atoms with Gasteiger partial charge in [0.2, 0.25) is 0 Å². The highest BCUT2D eigenvalue weighted by molar-refractivity contribution is 5.92. The number of benzene rings is 1. The maximum Gasteiger partial charge on any atom is 0.272 e. The minimum Gasteiger partial charge on any atom is -0.508 e. The average Bonchev–Trinajstić information content (AvgIpc) is 2.49. The molecule has 0 spiro atoms. The van der Waals surface area contributed by atoms with Crippen LogP contribution in [0.2, 0.25) is 0 Å². The molecule has 0 aliphatic carbocycles. The van der Waals surface area contributed by atoms with Crippen molar-refractivity contribution in [2.24, 2.45) is 0 Å². The minimum atomic E-state index is -0.114. The molecule has 1 aromatic heterocycles. The number of carbonyl (C=O) groups is 1. The van der Waals surface area contributed by atoms with E-state index in [1.54, 1.807) is 38.5 Å². The van der Waals surface area contributed by atoms with Crippen molar-refractivity contribution < 1.29 is 9.90 Å². The van der Waals surface area contributed by atoms with Crippen molar-refractivity contribution >= 4 is 11.6 Å². The predicted molar refractivity (Wildman–Crippen MR) is 82.6 cm³/mol. The van der Waals surface area contributed by atoms with Crippen LogP contribution >= 0.6 is 0 Å². The molecule has 0 saturated carbocycles. The lowest BCUT2D eigenvalue weighted by Crippen LogP contribution is -2.22. The molecule has 0 aliphatic rings. The van der Waals surface area contributed by atoms with Crippen LogP contribution in [-0.2, 0) is 6.42 Å². The van der Waals surface area contributed by atoms with E-state index in [-0.39, 0.29) is 11.7 Å². The predicted octanol–water partition coefficient (Wildman–Crippen LogP) is 2.14. The van der Waals surface area contributed by atoms with Crippen molar-refractivity contribution in [2.45, 2.75) is 6.42 Å². The molecular weight excluding hydrogens is 266 g/mol. The Bertz CT molecular complexity index is 609. The summed E-state index contributed by atoms with van der Waals surface area (Å²) in [5.74, 6) is 0.157. The van der Waals surface area contributed by atoms with Crippen molar-refractivity contribution in [3.05, 3.63) is 53.9 Å². The molecule has 0 atom stereocenters. The van der Waals surface area contributed by atoms with Crippen LogP contribution in [0.25, 0.3) is 0 Å². The van der Waals surface area contributed by atoms with Crippen molar-refractivity contribution in [3.63, 3.8) is 0 Å². The van der Waals surface area contributed by atoms with Crippen LogP contribution in [-0.4, -0.2) is 41.5 Å². The second-order valence-electron chi connectivity index (χ2n) is 4.97. The standard InChI is InChI=1S/C16H19N3O2/c1-19(2)16(21)15-11-13(8-10-18-15)17-9-7-12-3-5-14(20)6-4-12/h3-6,8,10-11,20H,7,9H2,1-2H3,(H,17,18). The highest BCUT2D eigenvalue weighted by Crippen LogP contribution is 2.12. The lowest BCUT2D eigenvalue weighted by molar-refractivity contribution is 0.0822. The number of aromatic hydroxyl groups is 1. The van der Waals surface area contributed by atoms with Gasteiger partial charge in [0.15, 0.2) is 0 Å². The Morgan fingerprint density at radius 1 is 1.24 bits per heavy atom. The minimum absolute atomic E-state index is 0.114. The number of aromatic nitrogens is 1. The Kier molecular flexibility index (Phi) is 4.77. The number of nitrogens with one attached hydrogen (secondary N) is 1. The molecule has 2 rings (SSSR count). The van der Waals surface area contributed by atoms with Crippen molar-refractivity contribution in [1.82, 2.24) is 9.88 Å². The van der Waals surface area contributed by atoms with Gasteiger partial charge in [-0.15, -0.1) is 0 Å². The molecule has 0 aliphatic heterocycles. The van der Waals surface area contributed by atoms with Gasteiger partial charge < -0.3 is 15.3 Å². The maximum absolute atomic E-state index is 11.8. The second kappa shape index (κ2) is 6.74. The number of rotatable bonds is 5. The molecule has 5 nitrogen and oxygen atoms in total. The monoisotopic (exact) mass is 285 g/mol. The number of anilines is 1. The molecule has 2 N–H and O–H groups in total. The fourth-order valence-corrected chi connectivity index (χ4v) is 1.90. The Morgan fingerprint density at radius 2 is 1.95 bits per heavy atom. The Hall–Kier alpha value is -2.56. The van der Waals surface area contributed by atoms with Gasteiger partial charge in [0.1, 0.15) is 11.4 Å². The van der Waals surface area contributed by atoms with E-state index >= 15 is 0 Å². The smallest absolute Gasteiger partial charge is 0.272 e. The number of hydrogen-bond acceptors (Lipinski definition) is 4. The first kappa shape index (κ1) is 14.8. The first-order valence-corrected chi connectivity index (χ1v) is 6.76. The molecule has 0 radical (unpaired) electrons. The summed E-state index contributed by atoms with van der Waals surface area (Å²) in [5, 5.41) is 12.5. The summed E-state index contributed by atoms with van der Waals surface area (Å²) in [7, 11) is 3.41. The third-order valence-electron chi connectivity index (χ3n) is 3.06. The van der Waals surface area contributed by atoms with Crippen LogP contribution < -0.4 is 5.32 Å². The molecule has 1 amide bonds. The van der Waals surface area contributed by atoms with Gasteiger partial charge in [-0.2, -0.15) is 0 Å². The van der Waals surface area contributed by atoms with Gasteiger partial charge in [0, 0.05) is 32.5 Å². The number of hydrogen-bond donors (Lipinski definition) is 2. The summed E-state index contributed by atoms with van der Waals surface area (Å²) < 4.78 is 0. The Balaban J connectivity index is 1.93. The highest BCUT2D eigenvalue weighted by Gasteiger charge is 2.09. The molecule has 1 aromatic carbocycles. The van der Waals surface area contributed by atoms with Crippen LogP contribution in [0, 0.1) is 0 Å². The SMILES string of the molecule is CN(C)C(=O)c1cc(NCCc2ccc(O)cc2)ccn1. The maximum atomic E-state index is 11.8. The zero-order valence-electron chi connectivity index (χ0n) is 12.2. The molecule has 0 saturated heterocycles. The van der Waals surface area contributed by atoms with E-state index < -0.39 is 0 Å². The van der Waals surface area contributed by atoms with E-state index in [9.17, 15) is 9.90 Å². The van der Waals surface area contributed by atoms with Gasteiger partial charge >= 0.3 is 0 Å². The van der Waals surface area contributed by atoms with Gasteiger partial charge in [0.05, 0.1) is 0 Å². The largest absolute Gasteiger partial charge is 0.508 e. The van der Waals surface area contributed by atoms with Gasteiger partial charge in [-0.05, 0) is 36.2 Å². The summed E-state index contributed by atoms with van der Waals surface area (Å²) in [6.07, 6.45) is 2.46. The van der Waals surface area contributed by atoms with Crippen LogP contribution in [0.4, 0.5) is 5.69 Å². The summed E-state index contributed by atoms with van der Waals surface area (Å²) >= 11 is 0. The zero-order valence-corrected chi connectivity index (χ0v) is 12.2. The molecule has 21 heavy (non-hydrogen) atoms. The van der Waals surface area contributed by atoms with E-state index in [1.807, 2.05) is 18.2 Å². The first-order chi connectivity index (χ1) is 10.1.